The third-order valence-corrected chi connectivity index (χ3v) is 7.97. The molecule has 0 aliphatic carbocycles. The lowest BCUT2D eigenvalue weighted by Gasteiger charge is -2.29. The Morgan fingerprint density at radius 3 is 2.47 bits per heavy atom. The second kappa shape index (κ2) is 11.4. The Morgan fingerprint density at radius 1 is 1.09 bits per heavy atom. The van der Waals surface area contributed by atoms with E-state index in [-0.39, 0.29) is 24.0 Å². The van der Waals surface area contributed by atoms with Gasteiger partial charge in [0.25, 0.3) is 5.91 Å². The molecule has 1 saturated heterocycles. The quantitative estimate of drug-likeness (QED) is 0.390. The van der Waals surface area contributed by atoms with Gasteiger partial charge in [-0.25, -0.2) is 8.42 Å². The summed E-state index contributed by atoms with van der Waals surface area (Å²) < 4.78 is 29.9. The van der Waals surface area contributed by atoms with Crippen LogP contribution in [0.15, 0.2) is 42.5 Å². The van der Waals surface area contributed by atoms with Gasteiger partial charge in [-0.15, -0.1) is 0 Å². The Labute approximate surface area is 200 Å². The molecule has 3 rings (SSSR count). The normalized spacial score (nSPS) is 17.3. The fraction of sp³-hybridized carbons (Fsp3) is 0.458. The van der Waals surface area contributed by atoms with E-state index in [1.807, 2.05) is 0 Å². The van der Waals surface area contributed by atoms with E-state index in [2.05, 4.69) is 6.92 Å². The second-order valence-electron chi connectivity index (χ2n) is 8.16. The molecule has 2 aromatic rings. The maximum Gasteiger partial charge on any atom is 0.254 e. The van der Waals surface area contributed by atoms with Crippen molar-refractivity contribution in [3.05, 3.63) is 63.6 Å². The molecule has 1 aliphatic heterocycles. The molecule has 0 N–H and O–H groups in total. The first-order valence-corrected chi connectivity index (χ1v) is 13.5. The number of rotatable bonds is 10. The molecule has 8 heteroatoms. The largest absolute Gasteiger partial charge is 0.494 e. The number of carbonyl (C=O) groups is 1. The predicted octanol–water partition coefficient (Wildman–Crippen LogP) is 5.78. The molecule has 0 spiro atoms. The third kappa shape index (κ3) is 6.87. The van der Waals surface area contributed by atoms with Crippen LogP contribution >= 0.6 is 23.2 Å². The molecule has 174 valence electrons. The smallest absolute Gasteiger partial charge is 0.254 e. The van der Waals surface area contributed by atoms with E-state index < -0.39 is 15.9 Å². The number of amides is 1. The van der Waals surface area contributed by atoms with Gasteiger partial charge in [-0.2, -0.15) is 0 Å². The Kier molecular flexibility index (Phi) is 8.86. The maximum atomic E-state index is 13.4. The van der Waals surface area contributed by atoms with Gasteiger partial charge in [0, 0.05) is 28.2 Å². The number of hydrogen-bond acceptors (Lipinski definition) is 4. The van der Waals surface area contributed by atoms with Crippen LogP contribution in [0, 0.1) is 0 Å². The van der Waals surface area contributed by atoms with Crippen LogP contribution in [-0.2, 0) is 16.4 Å². The van der Waals surface area contributed by atoms with Gasteiger partial charge in [0.2, 0.25) is 0 Å². The van der Waals surface area contributed by atoms with Crippen molar-refractivity contribution in [3.63, 3.8) is 0 Å². The highest BCUT2D eigenvalue weighted by Crippen LogP contribution is 2.27. The number of sulfone groups is 1. The third-order valence-electron chi connectivity index (χ3n) is 5.63. The molecule has 1 aliphatic rings. The summed E-state index contributed by atoms with van der Waals surface area (Å²) in [7, 11) is -3.16. The Morgan fingerprint density at radius 2 is 1.84 bits per heavy atom. The standard InChI is InChI=1S/C24H29Cl2NO4S/c1-2-3-4-5-13-31-22-10-7-18(8-11-22)24(28)27(21-12-14-32(29,30)17-21)16-19-6-9-20(25)15-23(19)26/h6-11,15,21H,2-5,12-14,16-17H2,1H3/t21-/m1/s1. The van der Waals surface area contributed by atoms with Crippen LogP contribution in [-0.4, -0.2) is 43.4 Å². The summed E-state index contributed by atoms with van der Waals surface area (Å²) in [4.78, 5) is 15.0. The van der Waals surface area contributed by atoms with Crippen molar-refractivity contribution < 1.29 is 17.9 Å². The fourth-order valence-electron chi connectivity index (χ4n) is 3.80. The maximum absolute atomic E-state index is 13.4. The highest BCUT2D eigenvalue weighted by molar-refractivity contribution is 7.91. The molecule has 0 aromatic heterocycles. The second-order valence-corrected chi connectivity index (χ2v) is 11.2. The van der Waals surface area contributed by atoms with Crippen LogP contribution in [0.3, 0.4) is 0 Å². The first-order chi connectivity index (χ1) is 15.3. The lowest BCUT2D eigenvalue weighted by atomic mass is 10.1. The van der Waals surface area contributed by atoms with Crippen LogP contribution in [0.1, 0.15) is 54.9 Å². The number of unbranched alkanes of at least 4 members (excludes halogenated alkanes) is 3. The van der Waals surface area contributed by atoms with Gasteiger partial charge in [-0.1, -0.05) is 55.5 Å². The summed E-state index contributed by atoms with van der Waals surface area (Å²) in [5, 5.41) is 0.952. The van der Waals surface area contributed by atoms with Crippen LogP contribution < -0.4 is 4.74 Å². The number of hydrogen-bond donors (Lipinski definition) is 0. The number of ether oxygens (including phenoxy) is 1. The molecule has 1 atom stereocenters. The molecule has 32 heavy (non-hydrogen) atoms. The highest BCUT2D eigenvalue weighted by atomic mass is 35.5. The van der Waals surface area contributed by atoms with E-state index in [1.54, 1.807) is 47.4 Å². The van der Waals surface area contributed by atoms with Crippen LogP contribution in [0.5, 0.6) is 5.75 Å². The number of carbonyl (C=O) groups excluding carboxylic acids is 1. The van der Waals surface area contributed by atoms with E-state index in [9.17, 15) is 13.2 Å². The van der Waals surface area contributed by atoms with Crippen LogP contribution in [0.4, 0.5) is 0 Å². The van der Waals surface area contributed by atoms with Crippen molar-refractivity contribution in [2.75, 3.05) is 18.1 Å². The molecule has 0 radical (unpaired) electrons. The minimum absolute atomic E-state index is 0.0388. The Bertz CT molecular complexity index is 1020. The zero-order valence-electron chi connectivity index (χ0n) is 18.2. The summed E-state index contributed by atoms with van der Waals surface area (Å²) in [6.45, 7) is 3.03. The van der Waals surface area contributed by atoms with Crippen molar-refractivity contribution >= 4 is 38.9 Å². The lowest BCUT2D eigenvalue weighted by molar-refractivity contribution is 0.0681. The molecule has 0 unspecified atom stereocenters. The molecule has 5 nitrogen and oxygen atoms in total. The summed E-state index contributed by atoms with van der Waals surface area (Å²) in [6, 6.07) is 11.7. The van der Waals surface area contributed by atoms with E-state index >= 15 is 0 Å². The van der Waals surface area contributed by atoms with Gasteiger partial charge < -0.3 is 9.64 Å². The molecular formula is C24H29Cl2NO4S. The highest BCUT2D eigenvalue weighted by Gasteiger charge is 2.35. The molecule has 1 heterocycles. The Balaban J connectivity index is 1.74. The SMILES string of the molecule is CCCCCCOc1ccc(C(=O)N(Cc2ccc(Cl)cc2Cl)[C@@H]2CCS(=O)(=O)C2)cc1. The summed E-state index contributed by atoms with van der Waals surface area (Å²) in [5.41, 5.74) is 1.21. The average molecular weight is 498 g/mol. The molecule has 1 amide bonds. The molecule has 2 aromatic carbocycles. The number of benzene rings is 2. The van der Waals surface area contributed by atoms with Crippen molar-refractivity contribution in [2.24, 2.45) is 0 Å². The topological polar surface area (TPSA) is 63.7 Å². The zero-order valence-corrected chi connectivity index (χ0v) is 20.6. The minimum Gasteiger partial charge on any atom is -0.494 e. The zero-order chi connectivity index (χ0) is 23.1. The Hall–Kier alpha value is -1.76. The van der Waals surface area contributed by atoms with Gasteiger partial charge in [0.15, 0.2) is 9.84 Å². The van der Waals surface area contributed by atoms with E-state index in [0.717, 1.165) is 18.4 Å². The average Bonchev–Trinajstić information content (AvgIpc) is 3.12. The number of halogens is 2. The fourth-order valence-corrected chi connectivity index (χ4v) is 6.00. The van der Waals surface area contributed by atoms with Gasteiger partial charge in [-0.3, -0.25) is 4.79 Å². The van der Waals surface area contributed by atoms with Crippen molar-refractivity contribution in [1.82, 2.24) is 4.90 Å². The first kappa shape index (κ1) is 24.9. The minimum atomic E-state index is -3.16. The monoisotopic (exact) mass is 497 g/mol. The molecule has 0 bridgehead atoms. The predicted molar refractivity (Wildman–Crippen MR) is 129 cm³/mol. The van der Waals surface area contributed by atoms with Crippen molar-refractivity contribution in [3.8, 4) is 5.75 Å². The first-order valence-electron chi connectivity index (χ1n) is 11.0. The summed E-state index contributed by atoms with van der Waals surface area (Å²) in [6.07, 6.45) is 4.93. The van der Waals surface area contributed by atoms with Gasteiger partial charge >= 0.3 is 0 Å². The van der Waals surface area contributed by atoms with E-state index in [1.165, 1.54) is 12.8 Å². The molecule has 1 fully saturated rings. The molecule has 0 saturated carbocycles. The van der Waals surface area contributed by atoms with Crippen molar-refractivity contribution in [2.45, 2.75) is 51.6 Å². The van der Waals surface area contributed by atoms with E-state index in [0.29, 0.717) is 34.4 Å². The van der Waals surface area contributed by atoms with Crippen LogP contribution in [0.2, 0.25) is 10.0 Å². The molecular weight excluding hydrogens is 469 g/mol. The summed E-state index contributed by atoms with van der Waals surface area (Å²) in [5.74, 6) is 0.533. The lowest BCUT2D eigenvalue weighted by Crippen LogP contribution is -2.40. The van der Waals surface area contributed by atoms with Crippen molar-refractivity contribution in [1.29, 1.82) is 0 Å². The van der Waals surface area contributed by atoms with Gasteiger partial charge in [0.1, 0.15) is 5.75 Å². The summed E-state index contributed by atoms with van der Waals surface area (Å²) >= 11 is 12.3. The van der Waals surface area contributed by atoms with Crippen LogP contribution in [0.25, 0.3) is 0 Å². The van der Waals surface area contributed by atoms with Gasteiger partial charge in [-0.05, 0) is 54.8 Å². The van der Waals surface area contributed by atoms with E-state index in [4.69, 9.17) is 27.9 Å². The van der Waals surface area contributed by atoms with Gasteiger partial charge in [0.05, 0.1) is 18.1 Å². The number of nitrogens with zero attached hydrogens (tertiary/aromatic N) is 1.